The highest BCUT2D eigenvalue weighted by Gasteiger charge is 2.30. The summed E-state index contributed by atoms with van der Waals surface area (Å²) in [6.07, 6.45) is 3.57. The minimum Gasteiger partial charge on any atom is -0.494 e. The fourth-order valence-corrected chi connectivity index (χ4v) is 7.00. The van der Waals surface area contributed by atoms with Gasteiger partial charge in [0.15, 0.2) is 0 Å². The molecule has 0 spiro atoms. The third-order valence-electron chi connectivity index (χ3n) is 5.96. The van der Waals surface area contributed by atoms with Crippen LogP contribution in [0.25, 0.3) is 0 Å². The molecule has 1 aromatic heterocycles. The van der Waals surface area contributed by atoms with Crippen molar-refractivity contribution in [3.05, 3.63) is 70.6 Å². The van der Waals surface area contributed by atoms with Gasteiger partial charge in [-0.25, -0.2) is 13.2 Å². The third-order valence-corrected chi connectivity index (χ3v) is 8.95. The Morgan fingerprint density at radius 3 is 2.35 bits per heavy atom. The van der Waals surface area contributed by atoms with Crippen LogP contribution >= 0.6 is 11.3 Å². The van der Waals surface area contributed by atoms with Crippen molar-refractivity contribution >= 4 is 43.9 Å². The van der Waals surface area contributed by atoms with Gasteiger partial charge in [-0.2, -0.15) is 0 Å². The van der Waals surface area contributed by atoms with Crippen LogP contribution < -0.4 is 14.4 Å². The van der Waals surface area contributed by atoms with E-state index in [4.69, 9.17) is 9.47 Å². The fraction of sp³-hybridized carbons (Fsp3) is 0.333. The number of aryl methyl sites for hydroxylation is 1. The van der Waals surface area contributed by atoms with Gasteiger partial charge in [0.2, 0.25) is 5.91 Å². The smallest absolute Gasteiger partial charge is 0.341 e. The number of amides is 1. The molecule has 1 aliphatic carbocycles. The molecule has 2 aromatic carbocycles. The zero-order valence-electron chi connectivity index (χ0n) is 20.9. The lowest BCUT2D eigenvalue weighted by atomic mass is 9.95. The summed E-state index contributed by atoms with van der Waals surface area (Å²) in [6.45, 7) is 3.79. The van der Waals surface area contributed by atoms with Crippen molar-refractivity contribution in [2.45, 2.75) is 44.4 Å². The van der Waals surface area contributed by atoms with Crippen molar-refractivity contribution in [2.24, 2.45) is 0 Å². The lowest BCUT2D eigenvalue weighted by Crippen LogP contribution is -2.38. The van der Waals surface area contributed by atoms with Crippen molar-refractivity contribution in [1.29, 1.82) is 0 Å². The number of carbonyl (C=O) groups is 2. The first kappa shape index (κ1) is 26.7. The van der Waals surface area contributed by atoms with Crippen LogP contribution in [0.2, 0.25) is 0 Å². The Bertz CT molecular complexity index is 1350. The minimum absolute atomic E-state index is 0.0337. The molecular weight excluding hydrogens is 512 g/mol. The summed E-state index contributed by atoms with van der Waals surface area (Å²) >= 11 is 1.36. The number of sulfonamides is 1. The van der Waals surface area contributed by atoms with E-state index in [2.05, 4.69) is 5.32 Å². The lowest BCUT2D eigenvalue weighted by molar-refractivity contribution is -0.114. The van der Waals surface area contributed by atoms with Crippen LogP contribution in [-0.2, 0) is 32.4 Å². The van der Waals surface area contributed by atoms with Crippen LogP contribution in [0.15, 0.2) is 59.5 Å². The summed E-state index contributed by atoms with van der Waals surface area (Å²) in [4.78, 5) is 27.1. The Hall–Kier alpha value is -3.37. The van der Waals surface area contributed by atoms with Gasteiger partial charge < -0.3 is 14.8 Å². The average molecular weight is 543 g/mol. The van der Waals surface area contributed by atoms with Gasteiger partial charge in [-0.1, -0.05) is 18.2 Å². The van der Waals surface area contributed by atoms with E-state index in [1.165, 1.54) is 23.5 Å². The summed E-state index contributed by atoms with van der Waals surface area (Å²) in [5.41, 5.74) is 1.66. The highest BCUT2D eigenvalue weighted by Crippen LogP contribution is 2.38. The lowest BCUT2D eigenvalue weighted by Gasteiger charge is -2.24. The molecule has 0 aliphatic heterocycles. The molecule has 1 aliphatic rings. The fourth-order valence-electron chi connectivity index (χ4n) is 4.28. The van der Waals surface area contributed by atoms with Crippen LogP contribution in [0.1, 0.15) is 47.5 Å². The first-order valence-corrected chi connectivity index (χ1v) is 14.5. The number of rotatable bonds is 10. The first-order chi connectivity index (χ1) is 17.8. The van der Waals surface area contributed by atoms with E-state index >= 15 is 0 Å². The van der Waals surface area contributed by atoms with E-state index in [9.17, 15) is 18.0 Å². The number of anilines is 2. The van der Waals surface area contributed by atoms with E-state index in [0.29, 0.717) is 28.6 Å². The highest BCUT2D eigenvalue weighted by molar-refractivity contribution is 7.92. The second-order valence-corrected chi connectivity index (χ2v) is 11.4. The summed E-state index contributed by atoms with van der Waals surface area (Å²) in [7, 11) is -4.08. The standard InChI is InChI=1S/C27H30N2O6S2/c1-3-34-20-14-16-21(17-15-20)37(32,33)29(19-10-6-5-7-11-19)18-24(30)28-26-25(27(31)35-4-2)22-12-8-9-13-23(22)36-26/h5-7,10-11,14-17H,3-4,8-9,12-13,18H2,1-2H3,(H,28,30). The molecule has 8 nitrogen and oxygen atoms in total. The van der Waals surface area contributed by atoms with Crippen molar-refractivity contribution < 1.29 is 27.5 Å². The number of hydrogen-bond acceptors (Lipinski definition) is 7. The number of nitrogens with zero attached hydrogens (tertiary/aromatic N) is 1. The Balaban J connectivity index is 1.64. The molecule has 4 rings (SSSR count). The van der Waals surface area contributed by atoms with Crippen molar-refractivity contribution in [1.82, 2.24) is 0 Å². The molecule has 0 atom stereocenters. The second-order valence-electron chi connectivity index (χ2n) is 8.44. The van der Waals surface area contributed by atoms with Gasteiger partial charge >= 0.3 is 5.97 Å². The largest absolute Gasteiger partial charge is 0.494 e. The van der Waals surface area contributed by atoms with E-state index in [-0.39, 0.29) is 11.5 Å². The first-order valence-electron chi connectivity index (χ1n) is 12.3. The number of thiophene rings is 1. The van der Waals surface area contributed by atoms with Crippen molar-refractivity contribution in [3.8, 4) is 5.75 Å². The molecule has 0 bridgehead atoms. The van der Waals surface area contributed by atoms with Gasteiger partial charge in [-0.15, -0.1) is 11.3 Å². The van der Waals surface area contributed by atoms with E-state index < -0.39 is 28.4 Å². The molecule has 196 valence electrons. The summed E-state index contributed by atoms with van der Waals surface area (Å²) < 4.78 is 39.0. The highest BCUT2D eigenvalue weighted by atomic mass is 32.2. The van der Waals surface area contributed by atoms with Gasteiger partial charge in [0.25, 0.3) is 10.0 Å². The summed E-state index contributed by atoms with van der Waals surface area (Å²) in [5, 5.41) is 3.21. The molecule has 1 N–H and O–H groups in total. The van der Waals surface area contributed by atoms with Crippen LogP contribution in [0, 0.1) is 0 Å². The quantitative estimate of drug-likeness (QED) is 0.360. The Labute approximate surface area is 221 Å². The second kappa shape index (κ2) is 11.8. The topological polar surface area (TPSA) is 102 Å². The van der Waals surface area contributed by atoms with Crippen LogP contribution in [-0.4, -0.2) is 40.1 Å². The monoisotopic (exact) mass is 542 g/mol. The molecule has 10 heteroatoms. The number of fused-ring (bicyclic) bond motifs is 1. The van der Waals surface area contributed by atoms with Gasteiger partial charge in [0.05, 0.1) is 29.4 Å². The maximum atomic E-state index is 13.6. The molecule has 0 radical (unpaired) electrons. The number of nitrogens with one attached hydrogen (secondary N) is 1. The molecule has 0 unspecified atom stereocenters. The van der Waals surface area contributed by atoms with Gasteiger partial charge in [0, 0.05) is 4.88 Å². The minimum atomic E-state index is -4.08. The maximum absolute atomic E-state index is 13.6. The molecular formula is C27H30N2O6S2. The number of hydrogen-bond donors (Lipinski definition) is 1. The van der Waals surface area contributed by atoms with Crippen molar-refractivity contribution in [3.63, 3.8) is 0 Å². The number of para-hydroxylation sites is 1. The molecule has 0 saturated carbocycles. The Morgan fingerprint density at radius 1 is 0.973 bits per heavy atom. The SMILES string of the molecule is CCOC(=O)c1c(NC(=O)CN(c2ccccc2)S(=O)(=O)c2ccc(OCC)cc2)sc2c1CCCC2. The summed E-state index contributed by atoms with van der Waals surface area (Å²) in [5.74, 6) is -0.472. The van der Waals surface area contributed by atoms with E-state index in [0.717, 1.165) is 40.4 Å². The molecule has 0 saturated heterocycles. The molecule has 3 aromatic rings. The van der Waals surface area contributed by atoms with Crippen LogP contribution in [0.4, 0.5) is 10.7 Å². The van der Waals surface area contributed by atoms with Crippen molar-refractivity contribution in [2.75, 3.05) is 29.4 Å². The average Bonchev–Trinajstić information content (AvgIpc) is 3.26. The number of carbonyl (C=O) groups excluding carboxylic acids is 2. The van der Waals surface area contributed by atoms with Gasteiger partial charge in [0.1, 0.15) is 17.3 Å². The van der Waals surface area contributed by atoms with Crippen LogP contribution in [0.5, 0.6) is 5.75 Å². The number of ether oxygens (including phenoxy) is 2. The van der Waals surface area contributed by atoms with E-state index in [1.807, 2.05) is 6.92 Å². The third kappa shape index (κ3) is 5.97. The predicted molar refractivity (Wildman–Crippen MR) is 144 cm³/mol. The zero-order chi connectivity index (χ0) is 26.4. The van der Waals surface area contributed by atoms with Crippen LogP contribution in [0.3, 0.4) is 0 Å². The Morgan fingerprint density at radius 2 is 1.68 bits per heavy atom. The predicted octanol–water partition coefficient (Wildman–Crippen LogP) is 5.04. The zero-order valence-corrected chi connectivity index (χ0v) is 22.5. The Kier molecular flexibility index (Phi) is 8.50. The molecule has 37 heavy (non-hydrogen) atoms. The number of esters is 1. The molecule has 0 fully saturated rings. The number of benzene rings is 2. The normalized spacial score (nSPS) is 12.9. The van der Waals surface area contributed by atoms with Gasteiger partial charge in [-0.05, 0) is 81.5 Å². The van der Waals surface area contributed by atoms with Gasteiger partial charge in [-0.3, -0.25) is 9.10 Å². The molecule has 1 amide bonds. The molecule has 1 heterocycles. The van der Waals surface area contributed by atoms with E-state index in [1.54, 1.807) is 49.4 Å². The summed E-state index contributed by atoms with van der Waals surface area (Å²) in [6, 6.07) is 14.5. The maximum Gasteiger partial charge on any atom is 0.341 e.